The molecule has 0 aliphatic rings. The SMILES string of the molecule is Cc1cc(SCc2cnc(-c3ccc(C(F)(F)F)cc3)o2)ccc1OCC(=O)O. The maximum Gasteiger partial charge on any atom is 0.416 e. The second-order valence-electron chi connectivity index (χ2n) is 6.11. The molecule has 0 radical (unpaired) electrons. The Kier molecular flexibility index (Phi) is 6.17. The van der Waals surface area contributed by atoms with Crippen molar-refractivity contribution >= 4 is 17.7 Å². The van der Waals surface area contributed by atoms with Gasteiger partial charge in [0.2, 0.25) is 5.89 Å². The smallest absolute Gasteiger partial charge is 0.416 e. The minimum atomic E-state index is -4.39. The molecule has 0 spiro atoms. The van der Waals surface area contributed by atoms with Crippen LogP contribution in [0.15, 0.2) is 58.0 Å². The number of carboxylic acids is 1. The summed E-state index contributed by atoms with van der Waals surface area (Å²) in [7, 11) is 0. The second-order valence-corrected chi connectivity index (χ2v) is 7.15. The zero-order valence-electron chi connectivity index (χ0n) is 15.2. The number of nitrogens with zero attached hydrogens (tertiary/aromatic N) is 1. The summed E-state index contributed by atoms with van der Waals surface area (Å²) < 4.78 is 48.8. The summed E-state index contributed by atoms with van der Waals surface area (Å²) in [6, 6.07) is 10.0. The van der Waals surface area contributed by atoms with Crippen LogP contribution in [0.4, 0.5) is 13.2 Å². The van der Waals surface area contributed by atoms with Gasteiger partial charge in [0.25, 0.3) is 0 Å². The maximum atomic E-state index is 12.6. The monoisotopic (exact) mass is 423 g/mol. The summed E-state index contributed by atoms with van der Waals surface area (Å²) in [5.74, 6) is 0.761. The predicted molar refractivity (Wildman–Crippen MR) is 101 cm³/mol. The van der Waals surface area contributed by atoms with E-state index in [1.807, 2.05) is 19.1 Å². The van der Waals surface area contributed by atoms with E-state index >= 15 is 0 Å². The normalized spacial score (nSPS) is 11.4. The van der Waals surface area contributed by atoms with Crippen LogP contribution in [0.1, 0.15) is 16.9 Å². The minimum Gasteiger partial charge on any atom is -0.482 e. The van der Waals surface area contributed by atoms with Crippen molar-refractivity contribution in [3.05, 3.63) is 65.5 Å². The number of benzene rings is 2. The molecule has 0 aliphatic carbocycles. The lowest BCUT2D eigenvalue weighted by Gasteiger charge is -2.08. The third-order valence-electron chi connectivity index (χ3n) is 3.89. The number of aryl methyl sites for hydroxylation is 1. The lowest BCUT2D eigenvalue weighted by molar-refractivity contribution is -0.139. The van der Waals surface area contributed by atoms with Crippen molar-refractivity contribution < 1.29 is 32.2 Å². The van der Waals surface area contributed by atoms with E-state index in [-0.39, 0.29) is 5.89 Å². The lowest BCUT2D eigenvalue weighted by atomic mass is 10.1. The van der Waals surface area contributed by atoms with Gasteiger partial charge in [-0.25, -0.2) is 9.78 Å². The number of carbonyl (C=O) groups is 1. The van der Waals surface area contributed by atoms with Crippen molar-refractivity contribution in [3.8, 4) is 17.2 Å². The van der Waals surface area contributed by atoms with Gasteiger partial charge in [-0.3, -0.25) is 0 Å². The topological polar surface area (TPSA) is 72.6 Å². The number of halogens is 3. The van der Waals surface area contributed by atoms with E-state index in [0.717, 1.165) is 22.6 Å². The Bertz CT molecular complexity index is 1000. The quantitative estimate of drug-likeness (QED) is 0.511. The summed E-state index contributed by atoms with van der Waals surface area (Å²) in [6.45, 7) is 1.41. The first kappa shape index (κ1) is 20.8. The van der Waals surface area contributed by atoms with Gasteiger partial charge < -0.3 is 14.3 Å². The number of thioether (sulfide) groups is 1. The highest BCUT2D eigenvalue weighted by atomic mass is 32.2. The first-order chi connectivity index (χ1) is 13.7. The van der Waals surface area contributed by atoms with Crippen LogP contribution in [0.2, 0.25) is 0 Å². The van der Waals surface area contributed by atoms with E-state index in [2.05, 4.69) is 4.98 Å². The van der Waals surface area contributed by atoms with Gasteiger partial charge in [0.15, 0.2) is 6.61 Å². The van der Waals surface area contributed by atoms with Gasteiger partial charge in [-0.1, -0.05) is 0 Å². The highest BCUT2D eigenvalue weighted by Crippen LogP contribution is 2.32. The molecular weight excluding hydrogens is 407 g/mol. The molecule has 0 unspecified atom stereocenters. The van der Waals surface area contributed by atoms with E-state index in [4.69, 9.17) is 14.3 Å². The van der Waals surface area contributed by atoms with Crippen LogP contribution in [0.25, 0.3) is 11.5 Å². The molecule has 0 saturated carbocycles. The molecule has 1 N–H and O–H groups in total. The third kappa shape index (κ3) is 5.54. The molecule has 152 valence electrons. The van der Waals surface area contributed by atoms with Gasteiger partial charge in [0.05, 0.1) is 17.5 Å². The van der Waals surface area contributed by atoms with E-state index < -0.39 is 24.3 Å². The second kappa shape index (κ2) is 8.60. The van der Waals surface area contributed by atoms with Gasteiger partial charge in [-0.15, -0.1) is 11.8 Å². The van der Waals surface area contributed by atoms with Gasteiger partial charge in [0, 0.05) is 10.5 Å². The Morgan fingerprint density at radius 1 is 1.21 bits per heavy atom. The summed E-state index contributed by atoms with van der Waals surface area (Å²) in [6.07, 6.45) is -2.85. The molecule has 0 amide bonds. The van der Waals surface area contributed by atoms with Gasteiger partial charge >= 0.3 is 12.1 Å². The molecule has 3 aromatic rings. The number of carboxylic acid groups (broad SMARTS) is 1. The van der Waals surface area contributed by atoms with E-state index in [1.54, 1.807) is 6.07 Å². The first-order valence-corrected chi connectivity index (χ1v) is 9.41. The highest BCUT2D eigenvalue weighted by molar-refractivity contribution is 7.98. The van der Waals surface area contributed by atoms with Crippen LogP contribution in [0, 0.1) is 6.92 Å². The van der Waals surface area contributed by atoms with Crippen molar-refractivity contribution in [1.82, 2.24) is 4.98 Å². The Hall–Kier alpha value is -2.94. The maximum absolute atomic E-state index is 12.6. The molecule has 1 aromatic heterocycles. The van der Waals surface area contributed by atoms with E-state index in [9.17, 15) is 18.0 Å². The number of oxazole rings is 1. The first-order valence-electron chi connectivity index (χ1n) is 8.43. The largest absolute Gasteiger partial charge is 0.482 e. The zero-order valence-corrected chi connectivity index (χ0v) is 16.0. The van der Waals surface area contributed by atoms with Crippen LogP contribution in [0.3, 0.4) is 0 Å². The molecule has 5 nitrogen and oxygen atoms in total. The molecule has 0 aliphatic heterocycles. The molecule has 0 atom stereocenters. The van der Waals surface area contributed by atoms with Crippen LogP contribution < -0.4 is 4.74 Å². The zero-order chi connectivity index (χ0) is 21.0. The fraction of sp³-hybridized carbons (Fsp3) is 0.200. The van der Waals surface area contributed by atoms with Crippen molar-refractivity contribution in [2.45, 2.75) is 23.7 Å². The van der Waals surface area contributed by atoms with Gasteiger partial charge in [-0.05, 0) is 55.0 Å². The number of aromatic nitrogens is 1. The Morgan fingerprint density at radius 3 is 2.55 bits per heavy atom. The third-order valence-corrected chi connectivity index (χ3v) is 4.91. The highest BCUT2D eigenvalue weighted by Gasteiger charge is 2.30. The van der Waals surface area contributed by atoms with Crippen LogP contribution >= 0.6 is 11.8 Å². The van der Waals surface area contributed by atoms with E-state index in [1.165, 1.54) is 30.1 Å². The summed E-state index contributed by atoms with van der Waals surface area (Å²) in [5, 5.41) is 8.67. The van der Waals surface area contributed by atoms with Gasteiger partial charge in [-0.2, -0.15) is 13.2 Å². The van der Waals surface area contributed by atoms with Crippen molar-refractivity contribution in [2.75, 3.05) is 6.61 Å². The minimum absolute atomic E-state index is 0.253. The summed E-state index contributed by atoms with van der Waals surface area (Å²) >= 11 is 1.48. The molecule has 2 aromatic carbocycles. The Morgan fingerprint density at radius 2 is 1.93 bits per heavy atom. The van der Waals surface area contributed by atoms with Gasteiger partial charge in [0.1, 0.15) is 11.5 Å². The van der Waals surface area contributed by atoms with E-state index in [0.29, 0.717) is 22.8 Å². The summed E-state index contributed by atoms with van der Waals surface area (Å²) in [5.41, 5.74) is 0.541. The van der Waals surface area contributed by atoms with Crippen LogP contribution in [0.5, 0.6) is 5.75 Å². The fourth-order valence-electron chi connectivity index (χ4n) is 2.48. The number of hydrogen-bond acceptors (Lipinski definition) is 5. The molecule has 3 rings (SSSR count). The Balaban J connectivity index is 1.62. The molecule has 0 fully saturated rings. The fourth-order valence-corrected chi connectivity index (χ4v) is 3.34. The molecule has 9 heteroatoms. The van der Waals surface area contributed by atoms with Crippen molar-refractivity contribution in [3.63, 3.8) is 0 Å². The standard InChI is InChI=1S/C20H16F3NO4S/c1-12-8-16(6-7-17(12)27-10-18(25)26)29-11-15-9-24-19(28-15)13-2-4-14(5-3-13)20(21,22)23/h2-9H,10-11H2,1H3,(H,25,26). The Labute approximate surface area is 168 Å². The summed E-state index contributed by atoms with van der Waals surface area (Å²) in [4.78, 5) is 15.6. The van der Waals surface area contributed by atoms with Crippen LogP contribution in [-0.4, -0.2) is 22.7 Å². The number of alkyl halides is 3. The van der Waals surface area contributed by atoms with Crippen molar-refractivity contribution in [1.29, 1.82) is 0 Å². The molecule has 29 heavy (non-hydrogen) atoms. The predicted octanol–water partition coefficient (Wildman–Crippen LogP) is 5.42. The molecule has 0 saturated heterocycles. The molecule has 0 bridgehead atoms. The molecule has 1 heterocycles. The molecular formula is C20H16F3NO4S. The number of rotatable bonds is 7. The number of ether oxygens (including phenoxy) is 1. The average Bonchev–Trinajstić information content (AvgIpc) is 3.14. The average molecular weight is 423 g/mol. The number of aliphatic carboxylic acids is 1. The number of hydrogen-bond donors (Lipinski definition) is 1. The van der Waals surface area contributed by atoms with Crippen LogP contribution in [-0.2, 0) is 16.7 Å². The van der Waals surface area contributed by atoms with Crippen molar-refractivity contribution in [2.24, 2.45) is 0 Å². The lowest BCUT2D eigenvalue weighted by Crippen LogP contribution is -2.09.